The van der Waals surface area contributed by atoms with E-state index >= 15 is 0 Å². The Morgan fingerprint density at radius 1 is 1.16 bits per heavy atom. The second-order valence-electron chi connectivity index (χ2n) is 7.13. The fourth-order valence-corrected chi connectivity index (χ4v) is 5.05. The summed E-state index contributed by atoms with van der Waals surface area (Å²) in [7, 11) is 0. The van der Waals surface area contributed by atoms with Gasteiger partial charge in [-0.15, -0.1) is 11.3 Å². The number of carbonyl (C=O) groups excluding carboxylic acids is 3. The third kappa shape index (κ3) is 5.94. The van der Waals surface area contributed by atoms with Gasteiger partial charge in [0.1, 0.15) is 10.8 Å². The SMILES string of the molecule is CCOC(=O)c1c(NC(=O)COC(=O)C(C)Oc2ccc(Cl)cc2Cl)sc2c1CCCC2. The van der Waals surface area contributed by atoms with Gasteiger partial charge in [-0.1, -0.05) is 23.2 Å². The second-order valence-corrected chi connectivity index (χ2v) is 9.08. The van der Waals surface area contributed by atoms with Crippen LogP contribution in [0.1, 0.15) is 47.5 Å². The van der Waals surface area contributed by atoms with E-state index in [2.05, 4.69) is 5.32 Å². The van der Waals surface area contributed by atoms with Gasteiger partial charge < -0.3 is 19.5 Å². The fraction of sp³-hybridized carbons (Fsp3) is 0.409. The summed E-state index contributed by atoms with van der Waals surface area (Å²) < 4.78 is 15.7. The van der Waals surface area contributed by atoms with E-state index in [1.54, 1.807) is 13.0 Å². The standard InChI is InChI=1S/C22H23Cl2NO6S/c1-3-29-22(28)19-14-6-4-5-7-17(14)32-20(19)25-18(26)11-30-21(27)12(2)31-16-9-8-13(23)10-15(16)24/h8-10,12H,3-7,11H2,1-2H3,(H,25,26). The molecule has 0 bridgehead atoms. The number of nitrogens with one attached hydrogen (secondary N) is 1. The molecule has 1 unspecified atom stereocenters. The van der Waals surface area contributed by atoms with Crippen molar-refractivity contribution in [1.29, 1.82) is 0 Å². The van der Waals surface area contributed by atoms with Crippen LogP contribution in [0.3, 0.4) is 0 Å². The summed E-state index contributed by atoms with van der Waals surface area (Å²) in [6, 6.07) is 4.61. The van der Waals surface area contributed by atoms with E-state index in [4.69, 9.17) is 37.4 Å². The van der Waals surface area contributed by atoms with Gasteiger partial charge in [-0.3, -0.25) is 4.79 Å². The summed E-state index contributed by atoms with van der Waals surface area (Å²) in [6.45, 7) is 2.93. The Morgan fingerprint density at radius 3 is 2.62 bits per heavy atom. The van der Waals surface area contributed by atoms with Gasteiger partial charge in [0.05, 0.1) is 17.2 Å². The third-order valence-corrected chi connectivity index (χ3v) is 6.52. The van der Waals surface area contributed by atoms with Gasteiger partial charge in [0.15, 0.2) is 12.7 Å². The molecule has 0 aliphatic heterocycles. The molecule has 1 aliphatic carbocycles. The molecule has 1 aliphatic rings. The number of hydrogen-bond acceptors (Lipinski definition) is 7. The molecule has 1 atom stereocenters. The van der Waals surface area contributed by atoms with Crippen LogP contribution < -0.4 is 10.1 Å². The van der Waals surface area contributed by atoms with Crippen LogP contribution in [-0.2, 0) is 31.9 Å². The smallest absolute Gasteiger partial charge is 0.347 e. The van der Waals surface area contributed by atoms with E-state index in [9.17, 15) is 14.4 Å². The summed E-state index contributed by atoms with van der Waals surface area (Å²) in [4.78, 5) is 38.2. The topological polar surface area (TPSA) is 90.9 Å². The molecule has 2 aromatic rings. The van der Waals surface area contributed by atoms with Crippen molar-refractivity contribution in [2.24, 2.45) is 0 Å². The summed E-state index contributed by atoms with van der Waals surface area (Å²) in [5.41, 5.74) is 1.34. The molecule has 1 aromatic heterocycles. The average Bonchev–Trinajstić information content (AvgIpc) is 3.11. The first-order valence-corrected chi connectivity index (χ1v) is 11.8. The van der Waals surface area contributed by atoms with Crippen LogP contribution in [-0.4, -0.2) is 37.2 Å². The van der Waals surface area contributed by atoms with E-state index < -0.39 is 30.6 Å². The van der Waals surface area contributed by atoms with Crippen molar-refractivity contribution in [2.45, 2.75) is 45.6 Å². The molecular formula is C22H23Cl2NO6S. The molecular weight excluding hydrogens is 477 g/mol. The Labute approximate surface area is 199 Å². The molecule has 1 aromatic carbocycles. The van der Waals surface area contributed by atoms with Gasteiger partial charge in [-0.05, 0) is 63.3 Å². The number of thiophene rings is 1. The minimum Gasteiger partial charge on any atom is -0.477 e. The number of ether oxygens (including phenoxy) is 3. The van der Waals surface area contributed by atoms with E-state index in [-0.39, 0.29) is 17.4 Å². The lowest BCUT2D eigenvalue weighted by Gasteiger charge is -2.15. The normalized spacial score (nSPS) is 13.6. The number of esters is 2. The van der Waals surface area contributed by atoms with Gasteiger partial charge in [-0.25, -0.2) is 9.59 Å². The number of carbonyl (C=O) groups is 3. The summed E-state index contributed by atoms with van der Waals surface area (Å²) in [5.74, 6) is -1.48. The zero-order chi connectivity index (χ0) is 23.3. The van der Waals surface area contributed by atoms with Gasteiger partial charge in [0.2, 0.25) is 0 Å². The lowest BCUT2D eigenvalue weighted by atomic mass is 9.95. The number of amides is 1. The Kier molecular flexibility index (Phi) is 8.39. The van der Waals surface area contributed by atoms with Gasteiger partial charge in [0, 0.05) is 9.90 Å². The summed E-state index contributed by atoms with van der Waals surface area (Å²) in [6.07, 6.45) is 2.66. The van der Waals surface area contributed by atoms with Crippen LogP contribution in [0.5, 0.6) is 5.75 Å². The summed E-state index contributed by atoms with van der Waals surface area (Å²) >= 11 is 13.3. The number of hydrogen-bond donors (Lipinski definition) is 1. The van der Waals surface area contributed by atoms with Crippen LogP contribution in [0, 0.1) is 0 Å². The van der Waals surface area contributed by atoms with Crippen molar-refractivity contribution in [1.82, 2.24) is 0 Å². The Bertz CT molecular complexity index is 1020. The highest BCUT2D eigenvalue weighted by Gasteiger charge is 2.27. The molecule has 172 valence electrons. The summed E-state index contributed by atoms with van der Waals surface area (Å²) in [5, 5.41) is 3.81. The molecule has 3 rings (SSSR count). The van der Waals surface area contributed by atoms with Crippen molar-refractivity contribution >= 4 is 57.4 Å². The highest BCUT2D eigenvalue weighted by Crippen LogP contribution is 2.38. The van der Waals surface area contributed by atoms with E-state index in [0.717, 1.165) is 36.1 Å². The van der Waals surface area contributed by atoms with Gasteiger partial charge >= 0.3 is 11.9 Å². The number of fused-ring (bicyclic) bond motifs is 1. The van der Waals surface area contributed by atoms with Crippen LogP contribution >= 0.6 is 34.5 Å². The Morgan fingerprint density at radius 2 is 1.91 bits per heavy atom. The molecule has 32 heavy (non-hydrogen) atoms. The molecule has 0 saturated carbocycles. The van der Waals surface area contributed by atoms with Crippen molar-refractivity contribution in [2.75, 3.05) is 18.5 Å². The van der Waals surface area contributed by atoms with Crippen LogP contribution in [0.2, 0.25) is 10.0 Å². The van der Waals surface area contributed by atoms with Crippen LogP contribution in [0.15, 0.2) is 18.2 Å². The van der Waals surface area contributed by atoms with Gasteiger partial charge in [0.25, 0.3) is 5.91 Å². The number of benzene rings is 1. The van der Waals surface area contributed by atoms with E-state index in [0.29, 0.717) is 15.6 Å². The second kappa shape index (κ2) is 11.0. The zero-order valence-electron chi connectivity index (χ0n) is 17.7. The van der Waals surface area contributed by atoms with Gasteiger partial charge in [-0.2, -0.15) is 0 Å². The number of anilines is 1. The number of aryl methyl sites for hydroxylation is 1. The van der Waals surface area contributed by atoms with E-state index in [1.807, 2.05) is 0 Å². The lowest BCUT2D eigenvalue weighted by Crippen LogP contribution is -2.30. The first-order valence-electron chi connectivity index (χ1n) is 10.2. The predicted molar refractivity (Wildman–Crippen MR) is 123 cm³/mol. The monoisotopic (exact) mass is 499 g/mol. The fourth-order valence-electron chi connectivity index (χ4n) is 3.30. The number of halogens is 2. The van der Waals surface area contributed by atoms with Crippen LogP contribution in [0.4, 0.5) is 5.00 Å². The predicted octanol–water partition coefficient (Wildman–Crippen LogP) is 5.06. The largest absolute Gasteiger partial charge is 0.477 e. The highest BCUT2D eigenvalue weighted by atomic mass is 35.5. The quantitative estimate of drug-likeness (QED) is 0.510. The zero-order valence-corrected chi connectivity index (χ0v) is 20.0. The molecule has 0 radical (unpaired) electrons. The maximum Gasteiger partial charge on any atom is 0.347 e. The van der Waals surface area contributed by atoms with Crippen molar-refractivity contribution < 1.29 is 28.6 Å². The van der Waals surface area contributed by atoms with Crippen molar-refractivity contribution in [3.05, 3.63) is 44.2 Å². The molecule has 0 fully saturated rings. The Hall–Kier alpha value is -2.29. The maximum absolute atomic E-state index is 12.5. The molecule has 7 nitrogen and oxygen atoms in total. The molecule has 1 amide bonds. The minimum absolute atomic E-state index is 0.240. The molecule has 1 heterocycles. The third-order valence-electron chi connectivity index (χ3n) is 4.78. The number of rotatable bonds is 8. The Balaban J connectivity index is 1.60. The molecule has 1 N–H and O–H groups in total. The molecule has 10 heteroatoms. The first-order chi connectivity index (χ1) is 15.3. The van der Waals surface area contributed by atoms with Crippen LogP contribution in [0.25, 0.3) is 0 Å². The maximum atomic E-state index is 12.5. The highest BCUT2D eigenvalue weighted by molar-refractivity contribution is 7.17. The molecule has 0 saturated heterocycles. The average molecular weight is 500 g/mol. The van der Waals surface area contributed by atoms with Crippen molar-refractivity contribution in [3.8, 4) is 5.75 Å². The first kappa shape index (κ1) is 24.4. The molecule has 0 spiro atoms. The van der Waals surface area contributed by atoms with E-state index in [1.165, 1.54) is 30.4 Å². The van der Waals surface area contributed by atoms with Crippen molar-refractivity contribution in [3.63, 3.8) is 0 Å². The minimum atomic E-state index is -0.995. The lowest BCUT2D eigenvalue weighted by molar-refractivity contribution is -0.153.